The van der Waals surface area contributed by atoms with Crippen LogP contribution in [-0.4, -0.2) is 27.1 Å². The second-order valence-electron chi connectivity index (χ2n) is 6.69. The SMILES string of the molecule is Cc1nc2scc(C)n2c1CNCC(O)CC(C)(C)C. The fourth-order valence-electron chi connectivity index (χ4n) is 2.51. The van der Waals surface area contributed by atoms with E-state index in [-0.39, 0.29) is 11.5 Å². The molecule has 0 aromatic carbocycles. The Balaban J connectivity index is 1.96. The Kier molecular flexibility index (Phi) is 4.52. The molecule has 0 fully saturated rings. The van der Waals surface area contributed by atoms with Crippen LogP contribution < -0.4 is 5.32 Å². The van der Waals surface area contributed by atoms with Gasteiger partial charge in [0, 0.05) is 24.2 Å². The molecule has 1 unspecified atom stereocenters. The summed E-state index contributed by atoms with van der Waals surface area (Å²) in [6.07, 6.45) is 0.500. The Morgan fingerprint density at radius 2 is 2.10 bits per heavy atom. The zero-order valence-electron chi connectivity index (χ0n) is 13.0. The third kappa shape index (κ3) is 3.59. The van der Waals surface area contributed by atoms with Gasteiger partial charge < -0.3 is 10.4 Å². The van der Waals surface area contributed by atoms with Gasteiger partial charge in [0.2, 0.25) is 0 Å². The second kappa shape index (κ2) is 5.84. The predicted octanol–water partition coefficient (Wildman–Crippen LogP) is 2.90. The lowest BCUT2D eigenvalue weighted by molar-refractivity contribution is 0.119. The summed E-state index contributed by atoms with van der Waals surface area (Å²) in [6.45, 7) is 11.9. The molecule has 0 aliphatic carbocycles. The van der Waals surface area contributed by atoms with Crippen molar-refractivity contribution in [2.45, 2.75) is 53.7 Å². The molecule has 1 atom stereocenters. The molecule has 5 heteroatoms. The van der Waals surface area contributed by atoms with Gasteiger partial charge in [0.15, 0.2) is 4.96 Å². The van der Waals surface area contributed by atoms with Gasteiger partial charge in [-0.05, 0) is 25.7 Å². The molecule has 0 aliphatic rings. The van der Waals surface area contributed by atoms with E-state index in [1.807, 2.05) is 6.92 Å². The van der Waals surface area contributed by atoms with Gasteiger partial charge in [0.25, 0.3) is 0 Å². The van der Waals surface area contributed by atoms with Crippen LogP contribution >= 0.6 is 11.3 Å². The lowest BCUT2D eigenvalue weighted by atomic mass is 9.89. The molecular formula is C15H25N3OS. The number of hydrogen-bond donors (Lipinski definition) is 2. The first-order valence-electron chi connectivity index (χ1n) is 7.09. The van der Waals surface area contributed by atoms with Crippen LogP contribution in [0.15, 0.2) is 5.38 Å². The van der Waals surface area contributed by atoms with Crippen molar-refractivity contribution in [3.63, 3.8) is 0 Å². The van der Waals surface area contributed by atoms with Crippen molar-refractivity contribution in [2.75, 3.05) is 6.54 Å². The molecule has 0 radical (unpaired) electrons. The third-order valence-electron chi connectivity index (χ3n) is 3.35. The van der Waals surface area contributed by atoms with E-state index in [4.69, 9.17) is 0 Å². The highest BCUT2D eigenvalue weighted by molar-refractivity contribution is 7.15. The Hall–Kier alpha value is -0.910. The maximum absolute atomic E-state index is 10.0. The number of thiazole rings is 1. The van der Waals surface area contributed by atoms with Crippen LogP contribution in [0.4, 0.5) is 0 Å². The number of hydrogen-bond acceptors (Lipinski definition) is 4. The average Bonchev–Trinajstić information content (AvgIpc) is 2.78. The van der Waals surface area contributed by atoms with Crippen molar-refractivity contribution in [1.82, 2.24) is 14.7 Å². The molecule has 112 valence electrons. The summed E-state index contributed by atoms with van der Waals surface area (Å²) in [5, 5.41) is 15.5. The predicted molar refractivity (Wildman–Crippen MR) is 84.3 cm³/mol. The molecular weight excluding hydrogens is 270 g/mol. The van der Waals surface area contributed by atoms with Gasteiger partial charge in [-0.15, -0.1) is 11.3 Å². The minimum absolute atomic E-state index is 0.158. The fraction of sp³-hybridized carbons (Fsp3) is 0.667. The van der Waals surface area contributed by atoms with Crippen molar-refractivity contribution < 1.29 is 5.11 Å². The summed E-state index contributed by atoms with van der Waals surface area (Å²) in [7, 11) is 0. The largest absolute Gasteiger partial charge is 0.392 e. The van der Waals surface area contributed by atoms with E-state index >= 15 is 0 Å². The molecule has 0 spiro atoms. The van der Waals surface area contributed by atoms with E-state index in [9.17, 15) is 5.11 Å². The first-order valence-corrected chi connectivity index (χ1v) is 7.97. The smallest absolute Gasteiger partial charge is 0.194 e. The minimum Gasteiger partial charge on any atom is -0.392 e. The first-order chi connectivity index (χ1) is 9.28. The van der Waals surface area contributed by atoms with Gasteiger partial charge in [-0.25, -0.2) is 4.98 Å². The number of aromatic nitrogens is 2. The Labute approximate surface area is 124 Å². The van der Waals surface area contributed by atoms with Crippen molar-refractivity contribution in [2.24, 2.45) is 5.41 Å². The zero-order chi connectivity index (χ0) is 14.9. The van der Waals surface area contributed by atoms with Crippen molar-refractivity contribution in [1.29, 1.82) is 0 Å². The molecule has 0 bridgehead atoms. The average molecular weight is 295 g/mol. The van der Waals surface area contributed by atoms with E-state index in [1.165, 1.54) is 11.4 Å². The summed E-state index contributed by atoms with van der Waals surface area (Å²) >= 11 is 1.67. The summed E-state index contributed by atoms with van der Waals surface area (Å²) < 4.78 is 2.20. The van der Waals surface area contributed by atoms with Gasteiger partial charge in [-0.1, -0.05) is 20.8 Å². The number of aryl methyl sites for hydroxylation is 2. The molecule has 0 saturated carbocycles. The molecule has 2 aromatic rings. The van der Waals surface area contributed by atoms with Gasteiger partial charge in [-0.2, -0.15) is 0 Å². The molecule has 2 heterocycles. The van der Waals surface area contributed by atoms with E-state index < -0.39 is 0 Å². The van der Waals surface area contributed by atoms with E-state index in [1.54, 1.807) is 11.3 Å². The highest BCUT2D eigenvalue weighted by Gasteiger charge is 2.17. The molecule has 4 nitrogen and oxygen atoms in total. The highest BCUT2D eigenvalue weighted by atomic mass is 32.1. The fourth-order valence-corrected chi connectivity index (χ4v) is 3.44. The number of aliphatic hydroxyl groups is 1. The third-order valence-corrected chi connectivity index (χ3v) is 4.29. The number of nitrogens with zero attached hydrogens (tertiary/aromatic N) is 2. The molecule has 0 saturated heterocycles. The molecule has 0 amide bonds. The molecule has 2 rings (SSSR count). The second-order valence-corrected chi connectivity index (χ2v) is 7.53. The van der Waals surface area contributed by atoms with Crippen LogP contribution in [0.2, 0.25) is 0 Å². The van der Waals surface area contributed by atoms with Crippen molar-refractivity contribution in [3.05, 3.63) is 22.5 Å². The van der Waals surface area contributed by atoms with Crippen LogP contribution in [-0.2, 0) is 6.54 Å². The number of fused-ring (bicyclic) bond motifs is 1. The van der Waals surface area contributed by atoms with Crippen LogP contribution in [0.5, 0.6) is 0 Å². The van der Waals surface area contributed by atoms with Crippen molar-refractivity contribution >= 4 is 16.3 Å². The van der Waals surface area contributed by atoms with E-state index in [2.05, 4.69) is 47.8 Å². The van der Waals surface area contributed by atoms with Gasteiger partial charge in [0.1, 0.15) is 0 Å². The number of rotatable bonds is 5. The summed E-state index contributed by atoms with van der Waals surface area (Å²) in [4.78, 5) is 5.62. The summed E-state index contributed by atoms with van der Waals surface area (Å²) in [6, 6.07) is 0. The van der Waals surface area contributed by atoms with Crippen molar-refractivity contribution in [3.8, 4) is 0 Å². The maximum Gasteiger partial charge on any atom is 0.194 e. The van der Waals surface area contributed by atoms with Crippen LogP contribution in [0.25, 0.3) is 4.96 Å². The van der Waals surface area contributed by atoms with Gasteiger partial charge >= 0.3 is 0 Å². The number of aliphatic hydroxyl groups excluding tert-OH is 1. The topological polar surface area (TPSA) is 49.6 Å². The summed E-state index contributed by atoms with van der Waals surface area (Å²) in [5.74, 6) is 0. The Morgan fingerprint density at radius 3 is 2.75 bits per heavy atom. The minimum atomic E-state index is -0.303. The van der Waals surface area contributed by atoms with Crippen LogP contribution in [0, 0.1) is 19.3 Å². The maximum atomic E-state index is 10.0. The molecule has 2 N–H and O–H groups in total. The normalized spacial score (nSPS) is 14.1. The lowest BCUT2D eigenvalue weighted by Gasteiger charge is -2.22. The molecule has 2 aromatic heterocycles. The van der Waals surface area contributed by atoms with E-state index in [0.717, 1.165) is 23.6 Å². The van der Waals surface area contributed by atoms with Gasteiger partial charge in [0.05, 0.1) is 17.5 Å². The molecule has 0 aliphatic heterocycles. The van der Waals surface area contributed by atoms with E-state index in [0.29, 0.717) is 6.54 Å². The highest BCUT2D eigenvalue weighted by Crippen LogP contribution is 2.21. The van der Waals surface area contributed by atoms with Crippen LogP contribution in [0.1, 0.15) is 44.3 Å². The standard InChI is InChI=1S/C15H25N3OS/c1-10-9-20-14-17-11(2)13(18(10)14)8-16-7-12(19)6-15(3,4)5/h9,12,16,19H,6-8H2,1-5H3. The Bertz CT molecular complexity index is 580. The number of imidazole rings is 1. The Morgan fingerprint density at radius 1 is 1.40 bits per heavy atom. The molecule has 20 heavy (non-hydrogen) atoms. The van der Waals surface area contributed by atoms with Crippen LogP contribution in [0.3, 0.4) is 0 Å². The van der Waals surface area contributed by atoms with Gasteiger partial charge in [-0.3, -0.25) is 4.40 Å². The monoisotopic (exact) mass is 295 g/mol. The number of nitrogens with one attached hydrogen (secondary N) is 1. The quantitative estimate of drug-likeness (QED) is 0.891. The first kappa shape index (κ1) is 15.5. The lowest BCUT2D eigenvalue weighted by Crippen LogP contribution is -2.30. The zero-order valence-corrected chi connectivity index (χ0v) is 13.8. The summed E-state index contributed by atoms with van der Waals surface area (Å²) in [5.41, 5.74) is 3.64.